The second-order valence-corrected chi connectivity index (χ2v) is 9.24. The van der Waals surface area contributed by atoms with Crippen LogP contribution in [-0.2, 0) is 16.1 Å². The number of amides is 1. The molecule has 0 saturated heterocycles. The Hall–Kier alpha value is -2.91. The van der Waals surface area contributed by atoms with Gasteiger partial charge in [0.25, 0.3) is 0 Å². The van der Waals surface area contributed by atoms with Crippen molar-refractivity contribution >= 4 is 5.91 Å². The normalized spacial score (nSPS) is 10.3. The Labute approximate surface area is 207 Å². The molecule has 1 amide bonds. The van der Waals surface area contributed by atoms with Crippen LogP contribution in [0, 0.1) is 0 Å². The Morgan fingerprint density at radius 1 is 0.676 bits per heavy atom. The lowest BCUT2D eigenvalue weighted by Gasteiger charge is -2.09. The molecule has 3 aromatic carbocycles. The average Bonchev–Trinajstić information content (AvgIpc) is 2.85. The van der Waals surface area contributed by atoms with E-state index in [9.17, 15) is 4.79 Å². The highest BCUT2D eigenvalue weighted by Gasteiger charge is 2.02. The summed E-state index contributed by atoms with van der Waals surface area (Å²) in [6, 6.07) is 29.3. The van der Waals surface area contributed by atoms with Crippen LogP contribution in [0.4, 0.5) is 0 Å². The van der Waals surface area contributed by atoms with Gasteiger partial charge in [-0.15, -0.1) is 0 Å². The second-order valence-electron chi connectivity index (χ2n) is 9.24. The lowest BCUT2D eigenvalue weighted by atomic mass is 10.0. The summed E-state index contributed by atoms with van der Waals surface area (Å²) in [7, 11) is 1.51. The molecule has 3 heteroatoms. The zero-order valence-corrected chi connectivity index (χ0v) is 22.0. The molecule has 3 rings (SSSR count). The van der Waals surface area contributed by atoms with Gasteiger partial charge in [0.05, 0.1) is 0 Å². The third-order valence-electron chi connectivity index (χ3n) is 5.32. The number of rotatable bonds is 7. The Balaban J connectivity index is 0.000000274. The number of hydrogen-bond acceptors (Lipinski definition) is 2. The van der Waals surface area contributed by atoms with Crippen LogP contribution >= 0.6 is 0 Å². The Bertz CT molecular complexity index is 875. The van der Waals surface area contributed by atoms with E-state index in [1.165, 1.54) is 23.8 Å². The number of carbonyl (C=O) groups excluding carboxylic acids is 1. The standard InChI is InChI=1S/C13H19NO2.2C9H12/c1-10(2)12-6-4-5-11(7-12)8-14-13(15)9-16-3;2*1-8(2)9-6-4-3-5-7-9/h4-7,10H,8-9H2,1-3H3,(H,14,15);2*3-8H,1-2H3. The lowest BCUT2D eigenvalue weighted by molar-refractivity contribution is -0.124. The smallest absolute Gasteiger partial charge is 0.246 e. The van der Waals surface area contributed by atoms with Crippen LogP contribution in [0.15, 0.2) is 84.9 Å². The van der Waals surface area contributed by atoms with Gasteiger partial charge < -0.3 is 10.1 Å². The summed E-state index contributed by atoms with van der Waals surface area (Å²) in [6.07, 6.45) is 0. The monoisotopic (exact) mass is 461 g/mol. The molecule has 3 nitrogen and oxygen atoms in total. The topological polar surface area (TPSA) is 38.3 Å². The average molecular weight is 462 g/mol. The highest BCUT2D eigenvalue weighted by Crippen LogP contribution is 2.15. The molecule has 0 aromatic heterocycles. The van der Waals surface area contributed by atoms with Crippen molar-refractivity contribution in [1.29, 1.82) is 0 Å². The van der Waals surface area contributed by atoms with Crippen molar-refractivity contribution in [2.75, 3.05) is 13.7 Å². The fourth-order valence-electron chi connectivity index (χ4n) is 3.12. The van der Waals surface area contributed by atoms with Crippen LogP contribution in [0.25, 0.3) is 0 Å². The Kier molecular flexibility index (Phi) is 14.3. The van der Waals surface area contributed by atoms with Gasteiger partial charge in [-0.2, -0.15) is 0 Å². The molecule has 0 spiro atoms. The molecule has 1 N–H and O–H groups in total. The maximum Gasteiger partial charge on any atom is 0.246 e. The van der Waals surface area contributed by atoms with Gasteiger partial charge >= 0.3 is 0 Å². The molecular weight excluding hydrogens is 418 g/mol. The molecule has 34 heavy (non-hydrogen) atoms. The minimum absolute atomic E-state index is 0.0857. The molecular formula is C31H43NO2. The van der Waals surface area contributed by atoms with Crippen molar-refractivity contribution in [3.63, 3.8) is 0 Å². The quantitative estimate of drug-likeness (QED) is 0.391. The van der Waals surface area contributed by atoms with Crippen LogP contribution in [0.1, 0.15) is 81.5 Å². The Morgan fingerprint density at radius 2 is 1.12 bits per heavy atom. The van der Waals surface area contributed by atoms with Crippen LogP contribution in [0.3, 0.4) is 0 Å². The first kappa shape index (κ1) is 29.1. The van der Waals surface area contributed by atoms with Crippen molar-refractivity contribution in [3.8, 4) is 0 Å². The zero-order valence-electron chi connectivity index (χ0n) is 22.0. The molecule has 0 fully saturated rings. The highest BCUT2D eigenvalue weighted by atomic mass is 16.5. The lowest BCUT2D eigenvalue weighted by Crippen LogP contribution is -2.26. The summed E-state index contributed by atoms with van der Waals surface area (Å²) < 4.78 is 4.74. The number of hydrogen-bond donors (Lipinski definition) is 1. The Morgan fingerprint density at radius 3 is 1.50 bits per heavy atom. The van der Waals surface area contributed by atoms with Gasteiger partial charge in [-0.3, -0.25) is 4.79 Å². The minimum Gasteiger partial charge on any atom is -0.375 e. The molecule has 0 heterocycles. The molecule has 3 aromatic rings. The maximum atomic E-state index is 11.2. The molecule has 0 bridgehead atoms. The summed E-state index contributed by atoms with van der Waals surface area (Å²) >= 11 is 0. The van der Waals surface area contributed by atoms with Gasteiger partial charge in [-0.25, -0.2) is 0 Å². The summed E-state index contributed by atoms with van der Waals surface area (Å²) in [4.78, 5) is 11.2. The van der Waals surface area contributed by atoms with Gasteiger partial charge in [0.15, 0.2) is 0 Å². The van der Waals surface area contributed by atoms with Gasteiger partial charge in [-0.1, -0.05) is 126 Å². The van der Waals surface area contributed by atoms with Crippen molar-refractivity contribution in [3.05, 3.63) is 107 Å². The second kappa shape index (κ2) is 16.7. The van der Waals surface area contributed by atoms with Gasteiger partial charge in [0.1, 0.15) is 6.61 Å². The molecule has 0 aliphatic heterocycles. The van der Waals surface area contributed by atoms with E-state index in [2.05, 4.69) is 108 Å². The molecule has 0 saturated carbocycles. The molecule has 0 atom stereocenters. The van der Waals surface area contributed by atoms with E-state index in [-0.39, 0.29) is 12.5 Å². The number of methoxy groups -OCH3 is 1. The van der Waals surface area contributed by atoms with Gasteiger partial charge in [-0.05, 0) is 40.0 Å². The first-order valence-corrected chi connectivity index (χ1v) is 12.2. The van der Waals surface area contributed by atoms with Crippen molar-refractivity contribution in [2.45, 2.75) is 65.8 Å². The number of carbonyl (C=O) groups is 1. The maximum absolute atomic E-state index is 11.2. The van der Waals surface area contributed by atoms with E-state index in [4.69, 9.17) is 4.74 Å². The third-order valence-corrected chi connectivity index (χ3v) is 5.32. The number of benzene rings is 3. The molecule has 0 aliphatic carbocycles. The van der Waals surface area contributed by atoms with E-state index in [0.29, 0.717) is 24.3 Å². The zero-order chi connectivity index (χ0) is 25.3. The first-order chi connectivity index (χ1) is 16.2. The van der Waals surface area contributed by atoms with Crippen molar-refractivity contribution < 1.29 is 9.53 Å². The van der Waals surface area contributed by atoms with Crippen LogP contribution < -0.4 is 5.32 Å². The van der Waals surface area contributed by atoms with E-state index in [1.54, 1.807) is 0 Å². The SMILES string of the molecule is CC(C)c1ccccc1.CC(C)c1ccccc1.COCC(=O)NCc1cccc(C(C)C)c1. The summed E-state index contributed by atoms with van der Waals surface area (Å²) in [6.45, 7) is 13.8. The van der Waals surface area contributed by atoms with Crippen molar-refractivity contribution in [2.24, 2.45) is 0 Å². The fraction of sp³-hybridized carbons (Fsp3) is 0.387. The highest BCUT2D eigenvalue weighted by molar-refractivity contribution is 5.77. The third kappa shape index (κ3) is 12.4. The first-order valence-electron chi connectivity index (χ1n) is 12.2. The predicted molar refractivity (Wildman–Crippen MR) is 145 cm³/mol. The molecule has 0 unspecified atom stereocenters. The summed E-state index contributed by atoms with van der Waals surface area (Å²) in [5.41, 5.74) is 5.24. The van der Waals surface area contributed by atoms with E-state index in [1.807, 2.05) is 24.3 Å². The minimum atomic E-state index is -0.0857. The van der Waals surface area contributed by atoms with E-state index < -0.39 is 0 Å². The van der Waals surface area contributed by atoms with Gasteiger partial charge in [0, 0.05) is 13.7 Å². The summed E-state index contributed by atoms with van der Waals surface area (Å²) in [5, 5.41) is 2.80. The fourth-order valence-corrected chi connectivity index (χ4v) is 3.12. The van der Waals surface area contributed by atoms with Crippen LogP contribution in [0.2, 0.25) is 0 Å². The molecule has 184 valence electrons. The summed E-state index contributed by atoms with van der Waals surface area (Å²) in [5.74, 6) is 1.74. The largest absolute Gasteiger partial charge is 0.375 e. The number of ether oxygens (including phenoxy) is 1. The van der Waals surface area contributed by atoms with E-state index in [0.717, 1.165) is 5.56 Å². The van der Waals surface area contributed by atoms with Crippen LogP contribution in [-0.4, -0.2) is 19.6 Å². The van der Waals surface area contributed by atoms with Crippen LogP contribution in [0.5, 0.6) is 0 Å². The molecule has 0 radical (unpaired) electrons. The van der Waals surface area contributed by atoms with Crippen molar-refractivity contribution in [1.82, 2.24) is 5.32 Å². The van der Waals surface area contributed by atoms with Gasteiger partial charge in [0.2, 0.25) is 5.91 Å². The molecule has 0 aliphatic rings. The predicted octanol–water partition coefficient (Wildman–Crippen LogP) is 7.69. The van der Waals surface area contributed by atoms with E-state index >= 15 is 0 Å². The number of nitrogens with one attached hydrogen (secondary N) is 1.